The lowest BCUT2D eigenvalue weighted by atomic mass is 10.1. The van der Waals surface area contributed by atoms with Crippen LogP contribution in [0.3, 0.4) is 0 Å². The van der Waals surface area contributed by atoms with Crippen LogP contribution in [0.2, 0.25) is 0 Å². The fourth-order valence-corrected chi connectivity index (χ4v) is 2.21. The summed E-state index contributed by atoms with van der Waals surface area (Å²) in [6, 6.07) is 6.41. The van der Waals surface area contributed by atoms with Crippen LogP contribution in [0.5, 0.6) is 0 Å². The highest BCUT2D eigenvalue weighted by Crippen LogP contribution is 2.17. The van der Waals surface area contributed by atoms with Crippen molar-refractivity contribution in [2.24, 2.45) is 0 Å². The number of benzene rings is 1. The summed E-state index contributed by atoms with van der Waals surface area (Å²) >= 11 is 3.41. The molecule has 0 bridgehead atoms. The van der Waals surface area contributed by atoms with E-state index in [2.05, 4.69) is 51.5 Å². The van der Waals surface area contributed by atoms with E-state index in [1.54, 1.807) is 13.3 Å². The molecule has 0 saturated heterocycles. The van der Waals surface area contributed by atoms with Crippen molar-refractivity contribution in [1.29, 1.82) is 0 Å². The molecule has 0 aliphatic carbocycles. The first-order valence-electron chi connectivity index (χ1n) is 6.20. The zero-order valence-electron chi connectivity index (χ0n) is 11.2. The van der Waals surface area contributed by atoms with E-state index in [1.807, 2.05) is 10.9 Å². The van der Waals surface area contributed by atoms with E-state index in [9.17, 15) is 0 Å². The molecule has 102 valence electrons. The quantitative estimate of drug-likeness (QED) is 0.831. The number of aryl methyl sites for hydroxylation is 1. The SMILES string of the molecule is COCCNCc1ccc(-n2cc(Br)cn2)c(C)c1. The Labute approximate surface area is 121 Å². The van der Waals surface area contributed by atoms with Gasteiger partial charge in [0.1, 0.15) is 0 Å². The van der Waals surface area contributed by atoms with Crippen molar-refractivity contribution >= 4 is 15.9 Å². The summed E-state index contributed by atoms with van der Waals surface area (Å²) in [6.07, 6.45) is 3.75. The average Bonchev–Trinajstić information content (AvgIpc) is 2.81. The number of nitrogens with zero attached hydrogens (tertiary/aromatic N) is 2. The summed E-state index contributed by atoms with van der Waals surface area (Å²) in [6.45, 7) is 4.55. The van der Waals surface area contributed by atoms with Crippen molar-refractivity contribution in [2.45, 2.75) is 13.5 Å². The maximum Gasteiger partial charge on any atom is 0.0675 e. The van der Waals surface area contributed by atoms with E-state index >= 15 is 0 Å². The highest BCUT2D eigenvalue weighted by Gasteiger charge is 2.04. The molecule has 0 atom stereocenters. The normalized spacial score (nSPS) is 10.9. The van der Waals surface area contributed by atoms with Gasteiger partial charge in [-0.1, -0.05) is 12.1 Å². The number of aromatic nitrogens is 2. The number of rotatable bonds is 6. The van der Waals surface area contributed by atoms with Crippen molar-refractivity contribution in [3.05, 3.63) is 46.2 Å². The second-order valence-corrected chi connectivity index (χ2v) is 5.31. The average molecular weight is 324 g/mol. The molecule has 4 nitrogen and oxygen atoms in total. The molecule has 0 radical (unpaired) electrons. The lowest BCUT2D eigenvalue weighted by Gasteiger charge is -2.09. The van der Waals surface area contributed by atoms with E-state index in [-0.39, 0.29) is 0 Å². The van der Waals surface area contributed by atoms with Gasteiger partial charge in [-0.2, -0.15) is 5.10 Å². The van der Waals surface area contributed by atoms with Crippen LogP contribution in [0.15, 0.2) is 35.1 Å². The number of ether oxygens (including phenoxy) is 1. The Kier molecular flexibility index (Phi) is 5.13. The van der Waals surface area contributed by atoms with Gasteiger partial charge in [0.05, 0.1) is 23.0 Å². The Morgan fingerprint density at radius 1 is 1.42 bits per heavy atom. The summed E-state index contributed by atoms with van der Waals surface area (Å²) in [5, 5.41) is 7.64. The fraction of sp³-hybridized carbons (Fsp3) is 0.357. The molecule has 19 heavy (non-hydrogen) atoms. The molecule has 0 fully saturated rings. The Balaban J connectivity index is 2.05. The third-order valence-corrected chi connectivity index (χ3v) is 3.28. The number of hydrogen-bond acceptors (Lipinski definition) is 3. The maximum absolute atomic E-state index is 5.00. The topological polar surface area (TPSA) is 39.1 Å². The molecule has 1 aromatic carbocycles. The highest BCUT2D eigenvalue weighted by molar-refractivity contribution is 9.10. The second-order valence-electron chi connectivity index (χ2n) is 4.39. The van der Waals surface area contributed by atoms with Crippen molar-refractivity contribution < 1.29 is 4.74 Å². The summed E-state index contributed by atoms with van der Waals surface area (Å²) in [7, 11) is 1.71. The van der Waals surface area contributed by atoms with Gasteiger partial charge in [-0.25, -0.2) is 4.68 Å². The Bertz CT molecular complexity index is 539. The standard InChI is InChI=1S/C14H18BrN3O/c1-11-7-12(8-16-5-6-19-2)3-4-14(11)18-10-13(15)9-17-18/h3-4,7,9-10,16H,5-6,8H2,1-2H3. The molecule has 1 N–H and O–H groups in total. The minimum Gasteiger partial charge on any atom is -0.383 e. The molecule has 0 spiro atoms. The van der Waals surface area contributed by atoms with Gasteiger partial charge in [-0.05, 0) is 40.0 Å². The third kappa shape index (κ3) is 3.89. The molecule has 5 heteroatoms. The van der Waals surface area contributed by atoms with E-state index in [4.69, 9.17) is 4.74 Å². The molecule has 0 unspecified atom stereocenters. The zero-order valence-corrected chi connectivity index (χ0v) is 12.8. The van der Waals surface area contributed by atoms with Gasteiger partial charge in [0, 0.05) is 26.4 Å². The Hall–Kier alpha value is -1.17. The molecule has 2 rings (SSSR count). The Morgan fingerprint density at radius 3 is 2.89 bits per heavy atom. The van der Waals surface area contributed by atoms with Gasteiger partial charge in [0.15, 0.2) is 0 Å². The van der Waals surface area contributed by atoms with Crippen LogP contribution in [0.1, 0.15) is 11.1 Å². The molecular weight excluding hydrogens is 306 g/mol. The molecule has 1 heterocycles. The van der Waals surface area contributed by atoms with Gasteiger partial charge in [-0.15, -0.1) is 0 Å². The van der Waals surface area contributed by atoms with E-state index in [0.29, 0.717) is 0 Å². The number of nitrogens with one attached hydrogen (secondary N) is 1. The van der Waals surface area contributed by atoms with E-state index in [1.165, 1.54) is 11.1 Å². The van der Waals surface area contributed by atoms with Crippen LogP contribution < -0.4 is 5.32 Å². The van der Waals surface area contributed by atoms with Gasteiger partial charge < -0.3 is 10.1 Å². The monoisotopic (exact) mass is 323 g/mol. The zero-order chi connectivity index (χ0) is 13.7. The lowest BCUT2D eigenvalue weighted by Crippen LogP contribution is -2.18. The number of hydrogen-bond donors (Lipinski definition) is 1. The second kappa shape index (κ2) is 6.84. The smallest absolute Gasteiger partial charge is 0.0675 e. The van der Waals surface area contributed by atoms with Gasteiger partial charge >= 0.3 is 0 Å². The first kappa shape index (κ1) is 14.2. The predicted octanol–water partition coefficient (Wildman–Crippen LogP) is 2.68. The molecule has 0 aliphatic rings. The van der Waals surface area contributed by atoms with Crippen molar-refractivity contribution in [1.82, 2.24) is 15.1 Å². The van der Waals surface area contributed by atoms with E-state index < -0.39 is 0 Å². The van der Waals surface area contributed by atoms with Crippen LogP contribution in [-0.2, 0) is 11.3 Å². The minimum absolute atomic E-state index is 0.735. The van der Waals surface area contributed by atoms with Crippen LogP contribution in [-0.4, -0.2) is 30.0 Å². The first-order valence-corrected chi connectivity index (χ1v) is 6.99. The van der Waals surface area contributed by atoms with Crippen LogP contribution in [0, 0.1) is 6.92 Å². The van der Waals surface area contributed by atoms with Crippen LogP contribution in [0.25, 0.3) is 5.69 Å². The summed E-state index contributed by atoms with van der Waals surface area (Å²) in [5.74, 6) is 0. The largest absolute Gasteiger partial charge is 0.383 e. The highest BCUT2D eigenvalue weighted by atomic mass is 79.9. The van der Waals surface area contributed by atoms with Gasteiger partial charge in [0.2, 0.25) is 0 Å². The molecule has 0 amide bonds. The molecule has 0 saturated carbocycles. The Morgan fingerprint density at radius 2 is 2.26 bits per heavy atom. The molecule has 0 aliphatic heterocycles. The molecule has 1 aromatic heterocycles. The molecular formula is C14H18BrN3O. The summed E-state index contributed by atoms with van der Waals surface area (Å²) in [5.41, 5.74) is 3.58. The van der Waals surface area contributed by atoms with E-state index in [0.717, 1.165) is 29.9 Å². The molecule has 2 aromatic rings. The first-order chi connectivity index (χ1) is 9.20. The lowest BCUT2D eigenvalue weighted by molar-refractivity contribution is 0.199. The van der Waals surface area contributed by atoms with Crippen molar-refractivity contribution in [2.75, 3.05) is 20.3 Å². The van der Waals surface area contributed by atoms with Gasteiger partial charge in [0.25, 0.3) is 0 Å². The van der Waals surface area contributed by atoms with Gasteiger partial charge in [-0.3, -0.25) is 0 Å². The summed E-state index contributed by atoms with van der Waals surface area (Å²) in [4.78, 5) is 0. The third-order valence-electron chi connectivity index (χ3n) is 2.87. The van der Waals surface area contributed by atoms with Crippen LogP contribution >= 0.6 is 15.9 Å². The number of methoxy groups -OCH3 is 1. The fourth-order valence-electron chi connectivity index (χ4n) is 1.92. The van der Waals surface area contributed by atoms with Crippen LogP contribution in [0.4, 0.5) is 0 Å². The predicted molar refractivity (Wildman–Crippen MR) is 79.6 cm³/mol. The van der Waals surface area contributed by atoms with Crippen molar-refractivity contribution in [3.63, 3.8) is 0 Å². The number of halogens is 1. The maximum atomic E-state index is 5.00. The summed E-state index contributed by atoms with van der Waals surface area (Å²) < 4.78 is 7.86. The van der Waals surface area contributed by atoms with Crippen molar-refractivity contribution in [3.8, 4) is 5.69 Å². The minimum atomic E-state index is 0.735.